The highest BCUT2D eigenvalue weighted by Crippen LogP contribution is 2.17. The minimum absolute atomic E-state index is 0.0266. The van der Waals surface area contributed by atoms with Gasteiger partial charge in [0.15, 0.2) is 6.23 Å². The SMILES string of the molecule is CC(C)C1CC(O)[NH+]([O-])C1. The van der Waals surface area contributed by atoms with E-state index in [1.165, 1.54) is 0 Å². The van der Waals surface area contributed by atoms with E-state index in [1.54, 1.807) is 0 Å². The van der Waals surface area contributed by atoms with Crippen LogP contribution in [0, 0.1) is 17.0 Å². The van der Waals surface area contributed by atoms with Crippen molar-refractivity contribution >= 4 is 0 Å². The van der Waals surface area contributed by atoms with Gasteiger partial charge in [-0.05, 0) is 5.92 Å². The molecule has 0 aromatic heterocycles. The van der Waals surface area contributed by atoms with Crippen LogP contribution in [0.2, 0.25) is 0 Å². The molecule has 0 spiro atoms. The fraction of sp³-hybridized carbons (Fsp3) is 1.00. The summed E-state index contributed by atoms with van der Waals surface area (Å²) in [6, 6.07) is 0. The van der Waals surface area contributed by atoms with Gasteiger partial charge in [-0.3, -0.25) is 0 Å². The third-order valence-electron chi connectivity index (χ3n) is 2.30. The van der Waals surface area contributed by atoms with Crippen LogP contribution in [-0.2, 0) is 0 Å². The number of aliphatic hydroxyl groups is 1. The molecule has 3 heteroatoms. The van der Waals surface area contributed by atoms with Crippen LogP contribution in [0.4, 0.5) is 0 Å². The minimum Gasteiger partial charge on any atom is -0.632 e. The molecule has 1 saturated heterocycles. The van der Waals surface area contributed by atoms with Crippen molar-refractivity contribution in [1.82, 2.24) is 0 Å². The Hall–Kier alpha value is -0.120. The first-order valence-electron chi connectivity index (χ1n) is 3.82. The summed E-state index contributed by atoms with van der Waals surface area (Å²) in [6.07, 6.45) is 0.0173. The quantitative estimate of drug-likeness (QED) is 0.482. The Morgan fingerprint density at radius 2 is 2.20 bits per heavy atom. The second-order valence-electron chi connectivity index (χ2n) is 3.43. The van der Waals surface area contributed by atoms with E-state index in [4.69, 9.17) is 5.11 Å². The van der Waals surface area contributed by atoms with Crippen LogP contribution in [0.15, 0.2) is 0 Å². The molecular formula is C7H15NO2. The second-order valence-corrected chi connectivity index (χ2v) is 3.43. The molecule has 2 N–H and O–H groups in total. The molecule has 1 rings (SSSR count). The summed E-state index contributed by atoms with van der Waals surface area (Å²) in [4.78, 5) is 0. The highest BCUT2D eigenvalue weighted by atomic mass is 16.5. The highest BCUT2D eigenvalue weighted by Gasteiger charge is 2.31. The van der Waals surface area contributed by atoms with Gasteiger partial charge in [-0.25, -0.2) is 0 Å². The predicted molar refractivity (Wildman–Crippen MR) is 38.1 cm³/mol. The van der Waals surface area contributed by atoms with Crippen molar-refractivity contribution in [3.63, 3.8) is 0 Å². The third kappa shape index (κ3) is 1.48. The van der Waals surface area contributed by atoms with Gasteiger partial charge in [0.25, 0.3) is 0 Å². The van der Waals surface area contributed by atoms with Gasteiger partial charge in [0.2, 0.25) is 0 Å². The van der Waals surface area contributed by atoms with Crippen LogP contribution in [0.25, 0.3) is 0 Å². The monoisotopic (exact) mass is 145 g/mol. The van der Waals surface area contributed by atoms with Crippen molar-refractivity contribution in [2.45, 2.75) is 26.5 Å². The van der Waals surface area contributed by atoms with E-state index in [1.807, 2.05) is 0 Å². The standard InChI is InChI=1S/C7H15NO2/c1-5(2)6-3-7(9)8(10)4-6/h5-9H,3-4H2,1-2H3. The lowest BCUT2D eigenvalue weighted by Crippen LogP contribution is -3.09. The first kappa shape index (κ1) is 7.98. The number of hydroxylamine groups is 2. The molecule has 1 aliphatic rings. The number of aliphatic hydroxyl groups excluding tert-OH is 1. The Kier molecular flexibility index (Phi) is 2.28. The number of nitrogens with one attached hydrogen (secondary N) is 1. The molecule has 0 saturated carbocycles. The van der Waals surface area contributed by atoms with Crippen LogP contribution in [0.5, 0.6) is 0 Å². The molecule has 0 aromatic rings. The predicted octanol–water partition coefficient (Wildman–Crippen LogP) is -0.637. The van der Waals surface area contributed by atoms with Gasteiger partial charge in [0.05, 0.1) is 6.54 Å². The summed E-state index contributed by atoms with van der Waals surface area (Å²) in [5.74, 6) is 0.948. The maximum absolute atomic E-state index is 10.8. The lowest BCUT2D eigenvalue weighted by molar-refractivity contribution is -0.886. The Balaban J connectivity index is 2.41. The normalized spacial score (nSPS) is 41.1. The summed E-state index contributed by atoms with van der Waals surface area (Å²) >= 11 is 0. The van der Waals surface area contributed by atoms with E-state index >= 15 is 0 Å². The van der Waals surface area contributed by atoms with Gasteiger partial charge in [-0.15, -0.1) is 0 Å². The van der Waals surface area contributed by atoms with Crippen LogP contribution < -0.4 is 5.06 Å². The highest BCUT2D eigenvalue weighted by molar-refractivity contribution is 4.67. The first-order valence-corrected chi connectivity index (χ1v) is 3.82. The van der Waals surface area contributed by atoms with E-state index in [-0.39, 0.29) is 5.06 Å². The zero-order chi connectivity index (χ0) is 7.72. The molecule has 1 heterocycles. The van der Waals surface area contributed by atoms with Crippen molar-refractivity contribution in [3.8, 4) is 0 Å². The molecule has 0 aromatic carbocycles. The molecule has 0 bridgehead atoms. The Morgan fingerprint density at radius 1 is 1.60 bits per heavy atom. The molecule has 3 unspecified atom stereocenters. The third-order valence-corrected chi connectivity index (χ3v) is 2.30. The van der Waals surface area contributed by atoms with E-state index < -0.39 is 6.23 Å². The van der Waals surface area contributed by atoms with Crippen molar-refractivity contribution in [3.05, 3.63) is 5.21 Å². The summed E-state index contributed by atoms with van der Waals surface area (Å²) < 4.78 is 0. The maximum atomic E-state index is 10.8. The topological polar surface area (TPSA) is 47.7 Å². The molecular weight excluding hydrogens is 130 g/mol. The smallest absolute Gasteiger partial charge is 0.189 e. The van der Waals surface area contributed by atoms with Crippen LogP contribution in [0.1, 0.15) is 20.3 Å². The largest absolute Gasteiger partial charge is 0.632 e. The fourth-order valence-electron chi connectivity index (χ4n) is 1.40. The summed E-state index contributed by atoms with van der Waals surface area (Å²) in [5.41, 5.74) is 0. The summed E-state index contributed by atoms with van der Waals surface area (Å²) in [6.45, 7) is 4.77. The maximum Gasteiger partial charge on any atom is 0.189 e. The molecule has 10 heavy (non-hydrogen) atoms. The second kappa shape index (κ2) is 2.86. The Labute approximate surface area is 61.2 Å². The van der Waals surface area contributed by atoms with Crippen molar-refractivity contribution in [1.29, 1.82) is 0 Å². The van der Waals surface area contributed by atoms with E-state index in [0.29, 0.717) is 24.8 Å². The molecule has 3 nitrogen and oxygen atoms in total. The van der Waals surface area contributed by atoms with Crippen LogP contribution in [0.3, 0.4) is 0 Å². The minimum atomic E-state index is -0.660. The lowest BCUT2D eigenvalue weighted by Gasteiger charge is -2.19. The van der Waals surface area contributed by atoms with Gasteiger partial charge in [0.1, 0.15) is 0 Å². The molecule has 1 fully saturated rings. The number of hydrogen-bond acceptors (Lipinski definition) is 2. The molecule has 0 amide bonds. The summed E-state index contributed by atoms with van der Waals surface area (Å²) in [5, 5.41) is 19.9. The summed E-state index contributed by atoms with van der Waals surface area (Å²) in [7, 11) is 0. The van der Waals surface area contributed by atoms with Crippen molar-refractivity contribution < 1.29 is 10.2 Å². The van der Waals surface area contributed by atoms with Crippen LogP contribution in [-0.4, -0.2) is 17.9 Å². The molecule has 0 radical (unpaired) electrons. The Morgan fingerprint density at radius 3 is 2.40 bits per heavy atom. The first-order chi connectivity index (χ1) is 4.61. The zero-order valence-electron chi connectivity index (χ0n) is 6.50. The molecule has 1 aliphatic heterocycles. The number of rotatable bonds is 1. The van der Waals surface area contributed by atoms with Gasteiger partial charge >= 0.3 is 0 Å². The lowest BCUT2D eigenvalue weighted by atomic mass is 9.95. The van der Waals surface area contributed by atoms with E-state index in [0.717, 1.165) is 0 Å². The Bertz CT molecular complexity index is 106. The van der Waals surface area contributed by atoms with Crippen molar-refractivity contribution in [2.75, 3.05) is 6.54 Å². The van der Waals surface area contributed by atoms with E-state index in [9.17, 15) is 5.21 Å². The van der Waals surface area contributed by atoms with Gasteiger partial charge < -0.3 is 15.4 Å². The molecule has 60 valence electrons. The number of hydrogen-bond donors (Lipinski definition) is 2. The fourth-order valence-corrected chi connectivity index (χ4v) is 1.40. The van der Waals surface area contributed by atoms with Crippen LogP contribution >= 0.6 is 0 Å². The number of quaternary nitrogens is 1. The average molecular weight is 145 g/mol. The van der Waals surface area contributed by atoms with Gasteiger partial charge in [0, 0.05) is 12.3 Å². The van der Waals surface area contributed by atoms with Crippen molar-refractivity contribution in [2.24, 2.45) is 11.8 Å². The molecule has 3 atom stereocenters. The van der Waals surface area contributed by atoms with E-state index in [2.05, 4.69) is 13.8 Å². The average Bonchev–Trinajstić information content (AvgIpc) is 2.13. The van der Waals surface area contributed by atoms with Gasteiger partial charge in [-0.1, -0.05) is 13.8 Å². The molecule has 0 aliphatic carbocycles. The van der Waals surface area contributed by atoms with Gasteiger partial charge in [-0.2, -0.15) is 0 Å². The zero-order valence-corrected chi connectivity index (χ0v) is 6.50.